The molecule has 0 radical (unpaired) electrons. The van der Waals surface area contributed by atoms with E-state index in [1.165, 1.54) is 25.0 Å². The first kappa shape index (κ1) is 53.6. The van der Waals surface area contributed by atoms with Gasteiger partial charge in [-0.15, -0.1) is 0 Å². The number of hydrogen-bond donors (Lipinski definition) is 2. The summed E-state index contributed by atoms with van der Waals surface area (Å²) < 4.78 is 29.5. The number of ketones is 2. The summed E-state index contributed by atoms with van der Waals surface area (Å²) in [6.07, 6.45) is 14.2. The monoisotopic (exact) mass is 1070 g/mol. The van der Waals surface area contributed by atoms with E-state index in [0.29, 0.717) is 25.7 Å². The number of para-hydroxylation sites is 2. The zero-order valence-corrected chi connectivity index (χ0v) is 47.3. The third-order valence-corrected chi connectivity index (χ3v) is 21.9. The van der Waals surface area contributed by atoms with Gasteiger partial charge in [-0.2, -0.15) is 10.2 Å². The number of benzene rings is 2. The van der Waals surface area contributed by atoms with Gasteiger partial charge < -0.3 is 29.0 Å². The van der Waals surface area contributed by atoms with Crippen LogP contribution in [0.2, 0.25) is 0 Å². The van der Waals surface area contributed by atoms with Gasteiger partial charge >= 0.3 is 19.6 Å². The summed E-state index contributed by atoms with van der Waals surface area (Å²) in [5.74, 6) is -3.98. The SMILES string of the molecule is CC(=O)OCC(=O)C1(OBOC2(C(=O)COC(C)=O)C(C)CC3C4C=C(C)C5=Cc6c(cnn6-c6ccccc6)CC5(C)C4C(O)CC32C)C(C)CC2C3C=C(C)C4=Cc5c(cnn5-c5ccccc5)CC4(C)C3C(O)CC21C. The van der Waals surface area contributed by atoms with E-state index in [-0.39, 0.29) is 48.3 Å². The molecule has 2 aromatic heterocycles. The Morgan fingerprint density at radius 1 is 0.620 bits per heavy atom. The molecule has 0 saturated heterocycles. The Morgan fingerprint density at radius 3 is 1.37 bits per heavy atom. The number of carbonyl (C=O) groups is 4. The molecular weight excluding hydrogens is 996 g/mol. The highest BCUT2D eigenvalue weighted by molar-refractivity contribution is 6.21. The molecule has 2 aromatic carbocycles. The molecular formula is C64H75BN4O10. The highest BCUT2D eigenvalue weighted by Gasteiger charge is 2.74. The lowest BCUT2D eigenvalue weighted by Crippen LogP contribution is -2.66. The van der Waals surface area contributed by atoms with Crippen LogP contribution in [0.4, 0.5) is 0 Å². The largest absolute Gasteiger partial charge is 0.458 e. The van der Waals surface area contributed by atoms with Gasteiger partial charge in [-0.1, -0.05) is 101 Å². The molecule has 8 aliphatic carbocycles. The summed E-state index contributed by atoms with van der Waals surface area (Å²) in [5, 5.41) is 35.5. The maximum atomic E-state index is 15.4. The van der Waals surface area contributed by atoms with Crippen LogP contribution < -0.4 is 0 Å². The van der Waals surface area contributed by atoms with Gasteiger partial charge in [0.2, 0.25) is 11.6 Å². The van der Waals surface area contributed by atoms with Crippen LogP contribution in [0.15, 0.2) is 108 Å². The number of carbonyl (C=O) groups excluding carboxylic acids is 4. The molecule has 14 nitrogen and oxygen atoms in total. The Morgan fingerprint density at radius 2 is 1.00 bits per heavy atom. The van der Waals surface area contributed by atoms with Gasteiger partial charge in [0, 0.05) is 47.3 Å². The molecule has 4 fully saturated rings. The number of allylic oxidation sites excluding steroid dienone is 6. The summed E-state index contributed by atoms with van der Waals surface area (Å²) in [6, 6.07) is 20.2. The number of Topliss-reactive ketones (excluding diaryl/α,β-unsaturated/α-hetero) is 2. The van der Waals surface area contributed by atoms with Crippen LogP contribution >= 0.6 is 0 Å². The number of ether oxygens (including phenoxy) is 2. The molecule has 12 rings (SSSR count). The quantitative estimate of drug-likeness (QED) is 0.102. The topological polar surface area (TPSA) is 181 Å². The second-order valence-corrected chi connectivity index (χ2v) is 26.0. The minimum Gasteiger partial charge on any atom is -0.458 e. The standard InChI is InChI=1S/C64H75BN4O10/c1-35-21-45-49-23-37(3)63(55(74)33-76-39(5)70,61(49,9)29-53(72)57(45)59(7)27-41-31-66-68(51(41)25-47(35)59)43-17-13-11-14-18-43)78-65-79-64(56(75)34-77-40(6)71)38(4)24-50-46-22-36(2)48-26-52-42(32-67-69(52)44-19-15-12-16-20-44)28-60(48,8)58(46)54(73)30-62(50,64)10/h11-22,25-26,31-32,37-38,45-46,49-50,53-54,57-58,65,72-73H,23-24,27-30,33-34H2,1-10H3. The van der Waals surface area contributed by atoms with Gasteiger partial charge in [-0.05, 0) is 147 Å². The van der Waals surface area contributed by atoms with Crippen molar-refractivity contribution in [1.29, 1.82) is 0 Å². The molecule has 4 saturated carbocycles. The van der Waals surface area contributed by atoms with E-state index < -0.39 is 101 Å². The number of aromatic nitrogens is 4. The van der Waals surface area contributed by atoms with E-state index in [9.17, 15) is 19.8 Å². The molecule has 414 valence electrons. The molecule has 2 heterocycles. The van der Waals surface area contributed by atoms with Crippen molar-refractivity contribution in [3.05, 3.63) is 130 Å². The number of fused-ring (bicyclic) bond motifs is 12. The fourth-order valence-corrected chi connectivity index (χ4v) is 19.0. The Bertz CT molecular complexity index is 3090. The summed E-state index contributed by atoms with van der Waals surface area (Å²) >= 11 is 0. The maximum Gasteiger partial charge on any atom is 0.439 e. The lowest BCUT2D eigenvalue weighted by atomic mass is 9.46. The second kappa shape index (κ2) is 18.8. The first-order valence-electron chi connectivity index (χ1n) is 28.6. The van der Waals surface area contributed by atoms with Crippen molar-refractivity contribution >= 4 is 43.3 Å². The number of aliphatic hydroxyl groups is 2. The van der Waals surface area contributed by atoms with Gasteiger partial charge in [0.15, 0.2) is 13.2 Å². The lowest BCUT2D eigenvalue weighted by molar-refractivity contribution is -0.189. The number of nitrogens with zero attached hydrogens (tertiary/aromatic N) is 4. The van der Waals surface area contributed by atoms with Crippen molar-refractivity contribution in [2.24, 2.45) is 69.0 Å². The Hall–Kier alpha value is -6.00. The van der Waals surface area contributed by atoms with E-state index in [0.717, 1.165) is 45.0 Å². The number of hydrogen-bond acceptors (Lipinski definition) is 12. The summed E-state index contributed by atoms with van der Waals surface area (Å²) in [4.78, 5) is 55.7. The van der Waals surface area contributed by atoms with Gasteiger partial charge in [0.1, 0.15) is 11.2 Å². The first-order valence-corrected chi connectivity index (χ1v) is 28.6. The molecule has 2 N–H and O–H groups in total. The Kier molecular flexibility index (Phi) is 12.8. The second-order valence-electron chi connectivity index (χ2n) is 26.0. The van der Waals surface area contributed by atoms with Crippen LogP contribution in [0.1, 0.15) is 117 Å². The molecule has 16 unspecified atom stereocenters. The van der Waals surface area contributed by atoms with Crippen LogP contribution in [0.5, 0.6) is 0 Å². The zero-order valence-electron chi connectivity index (χ0n) is 47.3. The van der Waals surface area contributed by atoms with Crippen LogP contribution in [0, 0.1) is 69.0 Å². The first-order chi connectivity index (χ1) is 37.5. The molecule has 0 aliphatic heterocycles. The predicted molar refractivity (Wildman–Crippen MR) is 298 cm³/mol. The Labute approximate surface area is 464 Å². The van der Waals surface area contributed by atoms with Crippen molar-refractivity contribution < 1.29 is 48.2 Å². The van der Waals surface area contributed by atoms with Crippen LogP contribution in [-0.4, -0.2) is 97.6 Å². The van der Waals surface area contributed by atoms with Gasteiger partial charge in [0.25, 0.3) is 0 Å². The van der Waals surface area contributed by atoms with Crippen molar-refractivity contribution in [2.75, 3.05) is 13.2 Å². The van der Waals surface area contributed by atoms with Gasteiger partial charge in [-0.25, -0.2) is 9.36 Å². The van der Waals surface area contributed by atoms with Crippen LogP contribution in [0.3, 0.4) is 0 Å². The Balaban J connectivity index is 0.889. The molecule has 0 spiro atoms. The van der Waals surface area contributed by atoms with Crippen molar-refractivity contribution in [1.82, 2.24) is 19.6 Å². The summed E-state index contributed by atoms with van der Waals surface area (Å²) in [5.41, 5.74) is 4.60. The van der Waals surface area contributed by atoms with E-state index in [4.69, 9.17) is 29.0 Å². The highest BCUT2D eigenvalue weighted by Crippen LogP contribution is 2.71. The minimum absolute atomic E-state index is 0.151. The third kappa shape index (κ3) is 7.56. The van der Waals surface area contributed by atoms with Gasteiger partial charge in [-0.3, -0.25) is 19.2 Å². The van der Waals surface area contributed by atoms with E-state index in [1.54, 1.807) is 0 Å². The predicted octanol–water partition coefficient (Wildman–Crippen LogP) is 8.93. The van der Waals surface area contributed by atoms with Crippen LogP contribution in [0.25, 0.3) is 23.5 Å². The zero-order chi connectivity index (χ0) is 55.9. The highest BCUT2D eigenvalue weighted by atomic mass is 16.6. The minimum atomic E-state index is -1.64. The van der Waals surface area contributed by atoms with E-state index in [2.05, 4.69) is 52.0 Å². The smallest absolute Gasteiger partial charge is 0.439 e. The average molecular weight is 1070 g/mol. The fraction of sp³-hybridized carbons (Fsp3) is 0.531. The van der Waals surface area contributed by atoms with E-state index >= 15 is 9.59 Å². The summed E-state index contributed by atoms with van der Waals surface area (Å²) in [7, 11) is -0.507. The fourth-order valence-electron chi connectivity index (χ4n) is 19.0. The van der Waals surface area contributed by atoms with E-state index in [1.807, 2.05) is 110 Å². The summed E-state index contributed by atoms with van der Waals surface area (Å²) in [6.45, 7) is 18.4. The van der Waals surface area contributed by atoms with Crippen molar-refractivity contribution in [2.45, 2.75) is 131 Å². The number of rotatable bonds is 12. The molecule has 79 heavy (non-hydrogen) atoms. The maximum absolute atomic E-state index is 15.4. The normalized spacial score (nSPS) is 38.3. The number of esters is 2. The third-order valence-electron chi connectivity index (χ3n) is 21.9. The molecule has 0 amide bonds. The lowest BCUT2D eigenvalue weighted by Gasteiger charge is -2.60. The molecule has 0 bridgehead atoms. The van der Waals surface area contributed by atoms with Crippen molar-refractivity contribution in [3.63, 3.8) is 0 Å². The molecule has 8 aliphatic rings. The van der Waals surface area contributed by atoms with Gasteiger partial charge in [0.05, 0.1) is 47.4 Å². The number of aliphatic hydroxyl groups excluding tert-OH is 2. The molecule has 4 aromatic rings. The average Bonchev–Trinajstić information content (AvgIpc) is 4.34. The van der Waals surface area contributed by atoms with Crippen LogP contribution in [-0.2, 0) is 50.8 Å². The molecule has 15 heteroatoms. The molecule has 16 atom stereocenters. The van der Waals surface area contributed by atoms with Crippen molar-refractivity contribution in [3.8, 4) is 11.4 Å².